The van der Waals surface area contributed by atoms with Crippen LogP contribution < -0.4 is 5.32 Å². The minimum Gasteiger partial charge on any atom is -0.480 e. The van der Waals surface area contributed by atoms with E-state index < -0.39 is 27.8 Å². The van der Waals surface area contributed by atoms with Gasteiger partial charge in [-0.15, -0.1) is 6.58 Å². The van der Waals surface area contributed by atoms with Gasteiger partial charge >= 0.3 is 5.97 Å². The molecule has 0 saturated carbocycles. The fraction of sp³-hybridized carbons (Fsp3) is 0.375. The predicted molar refractivity (Wildman–Crippen MR) is 88.8 cm³/mol. The average molecular weight is 355 g/mol. The van der Waals surface area contributed by atoms with Crippen molar-refractivity contribution in [2.45, 2.75) is 24.3 Å². The Kier molecular flexibility index (Phi) is 7.12. The van der Waals surface area contributed by atoms with Crippen molar-refractivity contribution < 1.29 is 27.9 Å². The van der Waals surface area contributed by atoms with E-state index in [1.165, 1.54) is 18.2 Å². The van der Waals surface area contributed by atoms with E-state index in [1.54, 1.807) is 13.0 Å². The van der Waals surface area contributed by atoms with Gasteiger partial charge in [0.05, 0.1) is 18.1 Å². The standard InChI is InChI=1S/C16H21NO6S/c1-4-8-23-10-13(16(19)20)17-15(18)12-7-6-11(5-2)14(9-12)24(3,21)22/h4,6-7,9,13H,1,5,8,10H2,2-3H3,(H,17,18)(H,19,20). The van der Waals surface area contributed by atoms with Gasteiger partial charge in [-0.25, -0.2) is 13.2 Å². The van der Waals surface area contributed by atoms with E-state index in [-0.39, 0.29) is 23.7 Å². The molecule has 1 unspecified atom stereocenters. The van der Waals surface area contributed by atoms with Gasteiger partial charge in [0.25, 0.3) is 5.91 Å². The summed E-state index contributed by atoms with van der Waals surface area (Å²) < 4.78 is 28.7. The highest BCUT2D eigenvalue weighted by atomic mass is 32.2. The Morgan fingerprint density at radius 3 is 2.58 bits per heavy atom. The van der Waals surface area contributed by atoms with Crippen LogP contribution >= 0.6 is 0 Å². The number of carboxylic acids is 1. The zero-order valence-electron chi connectivity index (χ0n) is 13.6. The van der Waals surface area contributed by atoms with Crippen LogP contribution in [0.1, 0.15) is 22.8 Å². The molecule has 0 aliphatic rings. The first-order valence-corrected chi connectivity index (χ1v) is 9.15. The second kappa shape index (κ2) is 8.60. The van der Waals surface area contributed by atoms with Crippen molar-refractivity contribution in [3.05, 3.63) is 42.0 Å². The van der Waals surface area contributed by atoms with Crippen LogP contribution in [0.15, 0.2) is 35.7 Å². The summed E-state index contributed by atoms with van der Waals surface area (Å²) in [5.41, 5.74) is 0.667. The van der Waals surface area contributed by atoms with Crippen molar-refractivity contribution in [2.24, 2.45) is 0 Å². The van der Waals surface area contributed by atoms with E-state index >= 15 is 0 Å². The monoisotopic (exact) mass is 355 g/mol. The zero-order chi connectivity index (χ0) is 18.3. The van der Waals surface area contributed by atoms with Crippen molar-refractivity contribution in [3.8, 4) is 0 Å². The van der Waals surface area contributed by atoms with Gasteiger partial charge in [0, 0.05) is 11.8 Å². The number of aryl methyl sites for hydroxylation is 1. The lowest BCUT2D eigenvalue weighted by molar-refractivity contribution is -0.140. The van der Waals surface area contributed by atoms with Crippen LogP contribution in [0.25, 0.3) is 0 Å². The molecule has 1 aromatic carbocycles. The van der Waals surface area contributed by atoms with Gasteiger partial charge in [-0.05, 0) is 24.1 Å². The quantitative estimate of drug-likeness (QED) is 0.506. The van der Waals surface area contributed by atoms with Crippen LogP contribution in [0.5, 0.6) is 0 Å². The highest BCUT2D eigenvalue weighted by Crippen LogP contribution is 2.18. The molecule has 1 atom stereocenters. The number of sulfone groups is 1. The Morgan fingerprint density at radius 1 is 1.42 bits per heavy atom. The molecule has 0 aliphatic heterocycles. The lowest BCUT2D eigenvalue weighted by atomic mass is 10.1. The summed E-state index contributed by atoms with van der Waals surface area (Å²) in [7, 11) is -3.50. The van der Waals surface area contributed by atoms with Gasteiger partial charge in [0.1, 0.15) is 0 Å². The number of carbonyl (C=O) groups excluding carboxylic acids is 1. The molecule has 0 fully saturated rings. The van der Waals surface area contributed by atoms with E-state index in [0.29, 0.717) is 12.0 Å². The minimum absolute atomic E-state index is 0.0624. The van der Waals surface area contributed by atoms with Gasteiger partial charge in [0.2, 0.25) is 0 Å². The summed E-state index contributed by atoms with van der Waals surface area (Å²) in [6.07, 6.45) is 3.02. The molecule has 0 radical (unpaired) electrons. The minimum atomic E-state index is -3.50. The molecule has 0 spiro atoms. The molecule has 1 rings (SSSR count). The second-order valence-electron chi connectivity index (χ2n) is 5.14. The maximum absolute atomic E-state index is 12.2. The van der Waals surface area contributed by atoms with Crippen molar-refractivity contribution in [2.75, 3.05) is 19.5 Å². The molecule has 8 heteroatoms. The Bertz CT molecular complexity index is 726. The molecule has 7 nitrogen and oxygen atoms in total. The molecule has 0 aliphatic carbocycles. The van der Waals surface area contributed by atoms with Gasteiger partial charge in [0.15, 0.2) is 15.9 Å². The van der Waals surface area contributed by atoms with Crippen LogP contribution in [0.4, 0.5) is 0 Å². The van der Waals surface area contributed by atoms with E-state index in [4.69, 9.17) is 9.84 Å². The van der Waals surface area contributed by atoms with Crippen molar-refractivity contribution in [3.63, 3.8) is 0 Å². The van der Waals surface area contributed by atoms with Crippen LogP contribution in [-0.4, -0.2) is 50.9 Å². The van der Waals surface area contributed by atoms with Gasteiger partial charge in [-0.2, -0.15) is 0 Å². The maximum Gasteiger partial charge on any atom is 0.328 e. The number of ether oxygens (including phenoxy) is 1. The topological polar surface area (TPSA) is 110 Å². The number of hydrogen-bond acceptors (Lipinski definition) is 5. The summed E-state index contributed by atoms with van der Waals surface area (Å²) in [5.74, 6) is -1.93. The van der Waals surface area contributed by atoms with Crippen LogP contribution in [0.3, 0.4) is 0 Å². The summed E-state index contributed by atoms with van der Waals surface area (Å²) >= 11 is 0. The summed E-state index contributed by atoms with van der Waals surface area (Å²) in [6.45, 7) is 5.18. The molecule has 24 heavy (non-hydrogen) atoms. The first kappa shape index (κ1) is 19.9. The molecule has 2 N–H and O–H groups in total. The molecule has 0 heterocycles. The van der Waals surface area contributed by atoms with Gasteiger partial charge < -0.3 is 15.2 Å². The van der Waals surface area contributed by atoms with Gasteiger partial charge in [-0.3, -0.25) is 4.79 Å². The van der Waals surface area contributed by atoms with E-state index in [2.05, 4.69) is 11.9 Å². The number of carboxylic acid groups (broad SMARTS) is 1. The van der Waals surface area contributed by atoms with Crippen LogP contribution in [-0.2, 0) is 25.8 Å². The third-order valence-electron chi connectivity index (χ3n) is 3.23. The maximum atomic E-state index is 12.2. The van der Waals surface area contributed by atoms with Crippen molar-refractivity contribution in [1.82, 2.24) is 5.32 Å². The Morgan fingerprint density at radius 2 is 2.08 bits per heavy atom. The first-order chi connectivity index (χ1) is 11.2. The number of benzene rings is 1. The SMILES string of the molecule is C=CCOCC(NC(=O)c1ccc(CC)c(S(C)(=O)=O)c1)C(=O)O. The zero-order valence-corrected chi connectivity index (χ0v) is 14.4. The van der Waals surface area contributed by atoms with Crippen molar-refractivity contribution >= 4 is 21.7 Å². The Hall–Kier alpha value is -2.19. The third-order valence-corrected chi connectivity index (χ3v) is 4.41. The van der Waals surface area contributed by atoms with Gasteiger partial charge in [-0.1, -0.05) is 19.1 Å². The average Bonchev–Trinajstić information content (AvgIpc) is 2.52. The molecule has 1 aromatic rings. The number of nitrogens with one attached hydrogen (secondary N) is 1. The van der Waals surface area contributed by atoms with Crippen molar-refractivity contribution in [1.29, 1.82) is 0 Å². The number of carbonyl (C=O) groups is 2. The summed E-state index contributed by atoms with van der Waals surface area (Å²) in [6, 6.07) is 3.03. The largest absolute Gasteiger partial charge is 0.480 e. The fourth-order valence-electron chi connectivity index (χ4n) is 2.02. The molecule has 1 amide bonds. The van der Waals surface area contributed by atoms with E-state index in [9.17, 15) is 18.0 Å². The Labute approximate surface area is 141 Å². The third kappa shape index (κ3) is 5.47. The number of amides is 1. The number of hydrogen-bond donors (Lipinski definition) is 2. The molecule has 0 aromatic heterocycles. The fourth-order valence-corrected chi connectivity index (χ4v) is 3.05. The highest BCUT2D eigenvalue weighted by Gasteiger charge is 2.22. The van der Waals surface area contributed by atoms with Crippen LogP contribution in [0.2, 0.25) is 0 Å². The molecule has 132 valence electrons. The molecular weight excluding hydrogens is 334 g/mol. The lowest BCUT2D eigenvalue weighted by Crippen LogP contribution is -2.44. The first-order valence-electron chi connectivity index (χ1n) is 7.26. The number of rotatable bonds is 9. The molecular formula is C16H21NO6S. The smallest absolute Gasteiger partial charge is 0.328 e. The second-order valence-corrected chi connectivity index (χ2v) is 7.12. The predicted octanol–water partition coefficient (Wildman–Crippen LogP) is 1.04. The number of aliphatic carboxylic acids is 1. The lowest BCUT2D eigenvalue weighted by Gasteiger charge is -2.15. The highest BCUT2D eigenvalue weighted by molar-refractivity contribution is 7.90. The van der Waals surface area contributed by atoms with E-state index in [0.717, 1.165) is 6.26 Å². The Balaban J connectivity index is 3.01. The molecule has 0 saturated heterocycles. The normalized spacial score (nSPS) is 12.4. The van der Waals surface area contributed by atoms with Crippen LogP contribution in [0, 0.1) is 0 Å². The summed E-state index contributed by atoms with van der Waals surface area (Å²) in [4.78, 5) is 23.5. The summed E-state index contributed by atoms with van der Waals surface area (Å²) in [5, 5.41) is 11.4. The molecule has 0 bridgehead atoms. The van der Waals surface area contributed by atoms with E-state index in [1.807, 2.05) is 0 Å².